The summed E-state index contributed by atoms with van der Waals surface area (Å²) in [4.78, 5) is 11.1. The Bertz CT molecular complexity index is 234. The van der Waals surface area contributed by atoms with Crippen LogP contribution in [0.15, 0.2) is 12.2 Å². The number of carbonyl (C=O) groups excluding carboxylic acids is 1. The van der Waals surface area contributed by atoms with Crippen molar-refractivity contribution in [1.29, 1.82) is 0 Å². The molecule has 2 rings (SSSR count). The highest BCUT2D eigenvalue weighted by Gasteiger charge is 2.44. The molecule has 1 heterocycles. The number of ether oxygens (including phenoxy) is 2. The molecule has 0 aromatic heterocycles. The van der Waals surface area contributed by atoms with Crippen molar-refractivity contribution in [2.75, 3.05) is 0 Å². The maximum Gasteiger partial charge on any atom is 0.330 e. The van der Waals surface area contributed by atoms with E-state index in [0.717, 1.165) is 19.3 Å². The summed E-state index contributed by atoms with van der Waals surface area (Å²) in [5.74, 6) is -0.230. The van der Waals surface area contributed by atoms with E-state index in [2.05, 4.69) is 0 Å². The average Bonchev–Trinajstić information content (AvgIpc) is 2.82. The molecule has 3 unspecified atom stereocenters. The van der Waals surface area contributed by atoms with Crippen molar-refractivity contribution >= 4 is 5.97 Å². The third-order valence-electron chi connectivity index (χ3n) is 2.54. The van der Waals surface area contributed by atoms with Gasteiger partial charge in [-0.25, -0.2) is 4.79 Å². The van der Waals surface area contributed by atoms with E-state index in [1.54, 1.807) is 6.08 Å². The van der Waals surface area contributed by atoms with Crippen molar-refractivity contribution in [3.8, 4) is 0 Å². The summed E-state index contributed by atoms with van der Waals surface area (Å²) in [6.45, 7) is 1.81. The zero-order valence-electron chi connectivity index (χ0n) is 7.73. The first-order valence-electron chi connectivity index (χ1n) is 4.78. The first kappa shape index (κ1) is 8.75. The molecule has 13 heavy (non-hydrogen) atoms. The van der Waals surface area contributed by atoms with Crippen molar-refractivity contribution in [3.63, 3.8) is 0 Å². The lowest BCUT2D eigenvalue weighted by Gasteiger charge is -2.18. The van der Waals surface area contributed by atoms with Crippen molar-refractivity contribution in [1.82, 2.24) is 0 Å². The summed E-state index contributed by atoms with van der Waals surface area (Å²) in [6.07, 6.45) is 6.94. The Balaban J connectivity index is 1.77. The lowest BCUT2D eigenvalue weighted by molar-refractivity contribution is -0.144. The minimum Gasteiger partial charge on any atom is -0.459 e. The fraction of sp³-hybridized carbons (Fsp3) is 0.700. The molecule has 0 radical (unpaired) electrons. The number of rotatable bonds is 2. The second kappa shape index (κ2) is 3.50. The second-order valence-electron chi connectivity index (χ2n) is 3.58. The number of allylic oxidation sites excluding steroid dienone is 1. The van der Waals surface area contributed by atoms with Crippen LogP contribution in [0.5, 0.6) is 0 Å². The highest BCUT2D eigenvalue weighted by atomic mass is 16.6. The van der Waals surface area contributed by atoms with Crippen LogP contribution in [0, 0.1) is 0 Å². The summed E-state index contributed by atoms with van der Waals surface area (Å²) in [5.41, 5.74) is 0. The van der Waals surface area contributed by atoms with E-state index in [1.165, 1.54) is 6.08 Å². The van der Waals surface area contributed by atoms with Crippen LogP contribution in [0.4, 0.5) is 0 Å². The van der Waals surface area contributed by atoms with Crippen LogP contribution in [0.3, 0.4) is 0 Å². The molecule has 1 saturated heterocycles. The fourth-order valence-electron chi connectivity index (χ4n) is 1.81. The van der Waals surface area contributed by atoms with E-state index < -0.39 is 0 Å². The molecule has 1 saturated carbocycles. The molecule has 3 heteroatoms. The number of fused-ring (bicyclic) bond motifs is 1. The zero-order valence-corrected chi connectivity index (χ0v) is 7.73. The Kier molecular flexibility index (Phi) is 2.36. The van der Waals surface area contributed by atoms with Crippen LogP contribution in [0.1, 0.15) is 26.2 Å². The molecular formula is C10H14O3. The lowest BCUT2D eigenvalue weighted by atomic mass is 9.98. The molecule has 3 nitrogen and oxygen atoms in total. The summed E-state index contributed by atoms with van der Waals surface area (Å²) < 4.78 is 10.6. The topological polar surface area (TPSA) is 38.8 Å². The average molecular weight is 182 g/mol. The van der Waals surface area contributed by atoms with Crippen molar-refractivity contribution in [3.05, 3.63) is 12.2 Å². The van der Waals surface area contributed by atoms with E-state index in [1.807, 2.05) is 6.92 Å². The van der Waals surface area contributed by atoms with Crippen LogP contribution < -0.4 is 0 Å². The first-order valence-corrected chi connectivity index (χ1v) is 4.78. The van der Waals surface area contributed by atoms with Crippen LogP contribution in [-0.2, 0) is 14.3 Å². The van der Waals surface area contributed by atoms with Crippen molar-refractivity contribution in [2.24, 2.45) is 0 Å². The minimum atomic E-state index is -0.230. The Morgan fingerprint density at radius 1 is 1.46 bits per heavy atom. The predicted molar refractivity (Wildman–Crippen MR) is 47.2 cm³/mol. The molecule has 0 amide bonds. The fourth-order valence-corrected chi connectivity index (χ4v) is 1.81. The Labute approximate surface area is 77.7 Å². The second-order valence-corrected chi connectivity index (χ2v) is 3.58. The molecule has 0 aromatic rings. The molecule has 0 spiro atoms. The van der Waals surface area contributed by atoms with Gasteiger partial charge in [-0.15, -0.1) is 0 Å². The van der Waals surface area contributed by atoms with Gasteiger partial charge in [0.05, 0.1) is 12.2 Å². The minimum absolute atomic E-state index is 0.0763. The number of esters is 1. The molecule has 1 aliphatic heterocycles. The SMILES string of the molecule is CC=CC(=O)OC1CCC2OC2C1. The van der Waals surface area contributed by atoms with Crippen LogP contribution in [0.25, 0.3) is 0 Å². The van der Waals surface area contributed by atoms with Crippen LogP contribution >= 0.6 is 0 Å². The predicted octanol–water partition coefficient (Wildman–Crippen LogP) is 1.43. The summed E-state index contributed by atoms with van der Waals surface area (Å²) in [7, 11) is 0. The smallest absolute Gasteiger partial charge is 0.330 e. The van der Waals surface area contributed by atoms with Gasteiger partial charge in [-0.1, -0.05) is 6.08 Å². The molecule has 0 aromatic carbocycles. The van der Waals surface area contributed by atoms with Crippen LogP contribution in [0.2, 0.25) is 0 Å². The molecular weight excluding hydrogens is 168 g/mol. The standard InChI is InChI=1S/C10H14O3/c1-2-3-10(11)12-7-4-5-8-9(6-7)13-8/h2-3,7-9H,4-6H2,1H3. The molecule has 0 N–H and O–H groups in total. The van der Waals surface area contributed by atoms with E-state index in [0.29, 0.717) is 12.2 Å². The van der Waals surface area contributed by atoms with Gasteiger partial charge in [-0.2, -0.15) is 0 Å². The normalized spacial score (nSPS) is 37.2. The Morgan fingerprint density at radius 3 is 3.00 bits per heavy atom. The van der Waals surface area contributed by atoms with E-state index in [-0.39, 0.29) is 12.1 Å². The maximum absolute atomic E-state index is 11.1. The first-order chi connectivity index (χ1) is 6.29. The summed E-state index contributed by atoms with van der Waals surface area (Å²) in [5, 5.41) is 0. The molecule has 0 bridgehead atoms. The molecule has 3 atom stereocenters. The highest BCUT2D eigenvalue weighted by Crippen LogP contribution is 2.37. The molecule has 2 fully saturated rings. The van der Waals surface area contributed by atoms with Gasteiger partial charge in [-0.3, -0.25) is 0 Å². The van der Waals surface area contributed by atoms with E-state index in [9.17, 15) is 4.79 Å². The van der Waals surface area contributed by atoms with E-state index >= 15 is 0 Å². The van der Waals surface area contributed by atoms with Gasteiger partial charge in [-0.05, 0) is 19.8 Å². The third-order valence-corrected chi connectivity index (χ3v) is 2.54. The molecule has 1 aliphatic carbocycles. The number of carbonyl (C=O) groups is 1. The molecule has 72 valence electrons. The van der Waals surface area contributed by atoms with Gasteiger partial charge in [0, 0.05) is 12.5 Å². The van der Waals surface area contributed by atoms with Crippen LogP contribution in [-0.4, -0.2) is 24.3 Å². The monoisotopic (exact) mass is 182 g/mol. The Morgan fingerprint density at radius 2 is 2.31 bits per heavy atom. The van der Waals surface area contributed by atoms with Gasteiger partial charge in [0.25, 0.3) is 0 Å². The summed E-state index contributed by atoms with van der Waals surface area (Å²) in [6, 6.07) is 0. The third kappa shape index (κ3) is 2.10. The van der Waals surface area contributed by atoms with Gasteiger partial charge in [0.1, 0.15) is 6.10 Å². The quantitative estimate of drug-likeness (QED) is 0.368. The summed E-state index contributed by atoms with van der Waals surface area (Å²) >= 11 is 0. The van der Waals surface area contributed by atoms with Crippen molar-refractivity contribution in [2.45, 2.75) is 44.5 Å². The van der Waals surface area contributed by atoms with E-state index in [4.69, 9.17) is 9.47 Å². The number of hydrogen-bond donors (Lipinski definition) is 0. The van der Waals surface area contributed by atoms with Gasteiger partial charge in [0.2, 0.25) is 0 Å². The largest absolute Gasteiger partial charge is 0.459 e. The molecule has 2 aliphatic rings. The van der Waals surface area contributed by atoms with Gasteiger partial charge < -0.3 is 9.47 Å². The maximum atomic E-state index is 11.1. The Hall–Kier alpha value is -0.830. The lowest BCUT2D eigenvalue weighted by Crippen LogP contribution is -2.23. The highest BCUT2D eigenvalue weighted by molar-refractivity contribution is 5.81. The number of hydrogen-bond acceptors (Lipinski definition) is 3. The van der Waals surface area contributed by atoms with Gasteiger partial charge >= 0.3 is 5.97 Å². The van der Waals surface area contributed by atoms with Crippen molar-refractivity contribution < 1.29 is 14.3 Å². The number of epoxide rings is 1. The van der Waals surface area contributed by atoms with Gasteiger partial charge in [0.15, 0.2) is 0 Å². The zero-order chi connectivity index (χ0) is 9.26.